The molecule has 0 radical (unpaired) electrons. The van der Waals surface area contributed by atoms with Gasteiger partial charge in [-0.25, -0.2) is 4.39 Å². The number of amides is 1. The molecule has 0 bridgehead atoms. The molecule has 0 spiro atoms. The molecule has 1 amide bonds. The summed E-state index contributed by atoms with van der Waals surface area (Å²) in [6.07, 6.45) is -0.622. The van der Waals surface area contributed by atoms with Crippen molar-refractivity contribution >= 4 is 17.3 Å². The first-order chi connectivity index (χ1) is 9.02. The Labute approximate surface area is 109 Å². The molecule has 4 N–H and O–H groups in total. The highest BCUT2D eigenvalue weighted by Gasteiger charge is 2.23. The number of nitrogen functional groups attached to an aromatic ring is 1. The number of halogens is 1. The number of anilines is 2. The number of morpholine rings is 1. The van der Waals surface area contributed by atoms with Gasteiger partial charge in [-0.1, -0.05) is 0 Å². The van der Waals surface area contributed by atoms with Crippen LogP contribution in [-0.2, 0) is 4.74 Å². The van der Waals surface area contributed by atoms with Gasteiger partial charge in [-0.3, -0.25) is 4.79 Å². The molecule has 7 heteroatoms. The summed E-state index contributed by atoms with van der Waals surface area (Å²) < 4.78 is 19.1. The zero-order valence-corrected chi connectivity index (χ0v) is 10.1. The first-order valence-corrected chi connectivity index (χ1v) is 5.68. The monoisotopic (exact) mass is 264 g/mol. The van der Waals surface area contributed by atoms with Crippen LogP contribution in [0.3, 0.4) is 0 Å². The molecule has 6 nitrogen and oxygen atoms in total. The second-order valence-electron chi connectivity index (χ2n) is 4.19. The van der Waals surface area contributed by atoms with Gasteiger partial charge in [-0.2, -0.15) is 5.26 Å². The lowest BCUT2D eigenvalue weighted by atomic mass is 10.1. The molecule has 1 saturated heterocycles. The number of rotatable bonds is 2. The highest BCUT2D eigenvalue weighted by Crippen LogP contribution is 2.26. The second-order valence-corrected chi connectivity index (χ2v) is 4.19. The lowest BCUT2D eigenvalue weighted by Crippen LogP contribution is -2.42. The van der Waals surface area contributed by atoms with Gasteiger partial charge in [0.05, 0.1) is 30.5 Å². The Balaban J connectivity index is 2.36. The first kappa shape index (κ1) is 13.1. The number of carbonyl (C=O) groups is 1. The number of nitriles is 1. The van der Waals surface area contributed by atoms with Crippen LogP contribution in [-0.4, -0.2) is 31.7 Å². The summed E-state index contributed by atoms with van der Waals surface area (Å²) in [6.45, 7) is 0.973. The maximum atomic E-state index is 13.9. The largest absolute Gasteiger partial charge is 0.398 e. The van der Waals surface area contributed by atoms with E-state index < -0.39 is 17.8 Å². The Bertz CT molecular complexity index is 555. The van der Waals surface area contributed by atoms with Gasteiger partial charge < -0.3 is 21.1 Å². The molecule has 1 aliphatic heterocycles. The Morgan fingerprint density at radius 3 is 2.95 bits per heavy atom. The van der Waals surface area contributed by atoms with E-state index in [4.69, 9.17) is 21.5 Å². The van der Waals surface area contributed by atoms with Gasteiger partial charge in [0.15, 0.2) is 6.10 Å². The van der Waals surface area contributed by atoms with Gasteiger partial charge in [0.25, 0.3) is 5.91 Å². The average molecular weight is 264 g/mol. The van der Waals surface area contributed by atoms with E-state index in [1.165, 1.54) is 6.07 Å². The number of hydrogen-bond acceptors (Lipinski definition) is 5. The molecule has 0 aromatic heterocycles. The number of ether oxygens (including phenoxy) is 1. The summed E-state index contributed by atoms with van der Waals surface area (Å²) in [7, 11) is 0. The second kappa shape index (κ2) is 5.12. The van der Waals surface area contributed by atoms with Gasteiger partial charge in [-0.05, 0) is 12.1 Å². The number of primary amides is 1. The van der Waals surface area contributed by atoms with Crippen LogP contribution >= 0.6 is 0 Å². The molecule has 19 heavy (non-hydrogen) atoms. The van der Waals surface area contributed by atoms with Crippen LogP contribution in [0.5, 0.6) is 0 Å². The Morgan fingerprint density at radius 1 is 1.58 bits per heavy atom. The third-order valence-corrected chi connectivity index (χ3v) is 2.94. The van der Waals surface area contributed by atoms with E-state index >= 15 is 0 Å². The number of benzene rings is 1. The van der Waals surface area contributed by atoms with E-state index in [1.807, 2.05) is 6.07 Å². The standard InChI is InChI=1S/C12H13FN4O2/c13-9-4-10(15)8(12(16)18)3-11(9)17-1-2-19-7(5-14)6-17/h3-4,7H,1-2,6,15H2,(H2,16,18). The van der Waals surface area contributed by atoms with E-state index in [2.05, 4.69) is 0 Å². The summed E-state index contributed by atoms with van der Waals surface area (Å²) in [6, 6.07) is 4.34. The van der Waals surface area contributed by atoms with Crippen LogP contribution in [0.25, 0.3) is 0 Å². The van der Waals surface area contributed by atoms with Crippen molar-refractivity contribution in [3.8, 4) is 6.07 Å². The van der Waals surface area contributed by atoms with Crippen LogP contribution in [0.4, 0.5) is 15.8 Å². The van der Waals surface area contributed by atoms with Crippen LogP contribution in [0.2, 0.25) is 0 Å². The Morgan fingerprint density at radius 2 is 2.32 bits per heavy atom. The zero-order chi connectivity index (χ0) is 14.0. The van der Waals surface area contributed by atoms with Crippen LogP contribution in [0.15, 0.2) is 12.1 Å². The molecular formula is C12H13FN4O2. The average Bonchev–Trinajstić information content (AvgIpc) is 2.38. The normalized spacial score (nSPS) is 18.9. The van der Waals surface area contributed by atoms with Crippen molar-refractivity contribution in [3.63, 3.8) is 0 Å². The summed E-state index contributed by atoms with van der Waals surface area (Å²) in [5.74, 6) is -1.27. The molecule has 0 saturated carbocycles. The molecule has 0 aliphatic carbocycles. The lowest BCUT2D eigenvalue weighted by Gasteiger charge is -2.32. The van der Waals surface area contributed by atoms with Crippen LogP contribution in [0.1, 0.15) is 10.4 Å². The highest BCUT2D eigenvalue weighted by atomic mass is 19.1. The number of carbonyl (C=O) groups excluding carboxylic acids is 1. The first-order valence-electron chi connectivity index (χ1n) is 5.68. The van der Waals surface area contributed by atoms with E-state index in [9.17, 15) is 9.18 Å². The summed E-state index contributed by atoms with van der Waals surface area (Å²) in [4.78, 5) is 12.9. The fourth-order valence-electron chi connectivity index (χ4n) is 1.98. The predicted octanol–water partition coefficient (Wildman–Crippen LogP) is 0.236. The fourth-order valence-corrected chi connectivity index (χ4v) is 1.98. The lowest BCUT2D eigenvalue weighted by molar-refractivity contribution is 0.0762. The molecule has 1 aliphatic rings. The fraction of sp³-hybridized carbons (Fsp3) is 0.333. The van der Waals surface area contributed by atoms with E-state index in [1.54, 1.807) is 4.90 Å². The quantitative estimate of drug-likeness (QED) is 0.744. The molecule has 1 heterocycles. The minimum Gasteiger partial charge on any atom is -0.398 e. The van der Waals surface area contributed by atoms with Gasteiger partial charge in [0, 0.05) is 12.2 Å². The van der Waals surface area contributed by atoms with E-state index in [0.29, 0.717) is 13.2 Å². The van der Waals surface area contributed by atoms with E-state index in [0.717, 1.165) is 6.07 Å². The number of hydrogen-bond donors (Lipinski definition) is 2. The van der Waals surface area contributed by atoms with E-state index in [-0.39, 0.29) is 23.5 Å². The van der Waals surface area contributed by atoms with Crippen molar-refractivity contribution < 1.29 is 13.9 Å². The predicted molar refractivity (Wildman–Crippen MR) is 66.9 cm³/mol. The van der Waals surface area contributed by atoms with Crippen molar-refractivity contribution in [3.05, 3.63) is 23.5 Å². The topological polar surface area (TPSA) is 105 Å². The molecule has 1 atom stereocenters. The SMILES string of the molecule is N#CC1CN(c2cc(C(N)=O)c(N)cc2F)CCO1. The van der Waals surface area contributed by atoms with Crippen molar-refractivity contribution in [2.24, 2.45) is 5.73 Å². The zero-order valence-electron chi connectivity index (χ0n) is 10.1. The van der Waals surface area contributed by atoms with Crippen molar-refractivity contribution in [1.82, 2.24) is 0 Å². The minimum absolute atomic E-state index is 0.00107. The third kappa shape index (κ3) is 2.58. The summed E-state index contributed by atoms with van der Waals surface area (Å²) >= 11 is 0. The molecule has 1 aromatic carbocycles. The maximum Gasteiger partial charge on any atom is 0.250 e. The minimum atomic E-state index is -0.719. The molecule has 2 rings (SSSR count). The molecule has 1 unspecified atom stereocenters. The molecular weight excluding hydrogens is 251 g/mol. The maximum absolute atomic E-state index is 13.9. The van der Waals surface area contributed by atoms with Crippen LogP contribution in [0, 0.1) is 17.1 Å². The summed E-state index contributed by atoms with van der Waals surface area (Å²) in [5.41, 5.74) is 11.0. The van der Waals surface area contributed by atoms with Crippen molar-refractivity contribution in [1.29, 1.82) is 5.26 Å². The summed E-state index contributed by atoms with van der Waals surface area (Å²) in [5, 5.41) is 8.82. The Hall–Kier alpha value is -2.33. The number of nitrogens with zero attached hydrogens (tertiary/aromatic N) is 2. The van der Waals surface area contributed by atoms with Crippen molar-refractivity contribution in [2.45, 2.75) is 6.10 Å². The number of nitrogens with two attached hydrogens (primary N) is 2. The molecule has 100 valence electrons. The molecule has 1 fully saturated rings. The van der Waals surface area contributed by atoms with Gasteiger partial charge in [0.2, 0.25) is 0 Å². The van der Waals surface area contributed by atoms with Gasteiger partial charge >= 0.3 is 0 Å². The Kier molecular flexibility index (Phi) is 3.53. The van der Waals surface area contributed by atoms with Gasteiger partial charge in [-0.15, -0.1) is 0 Å². The smallest absolute Gasteiger partial charge is 0.250 e. The van der Waals surface area contributed by atoms with Crippen LogP contribution < -0.4 is 16.4 Å². The molecule has 1 aromatic rings. The highest BCUT2D eigenvalue weighted by molar-refractivity contribution is 5.99. The third-order valence-electron chi connectivity index (χ3n) is 2.94. The van der Waals surface area contributed by atoms with Gasteiger partial charge in [0.1, 0.15) is 5.82 Å². The van der Waals surface area contributed by atoms with Crippen molar-refractivity contribution in [2.75, 3.05) is 30.3 Å².